The zero-order valence-electron chi connectivity index (χ0n) is 33.1. The van der Waals surface area contributed by atoms with Crippen LogP contribution in [0.4, 0.5) is 0 Å². The van der Waals surface area contributed by atoms with E-state index in [-0.39, 0.29) is 0 Å². The van der Waals surface area contributed by atoms with Gasteiger partial charge in [0.15, 0.2) is 29.1 Å². The molecule has 0 bridgehead atoms. The first-order chi connectivity index (χ1) is 30.7. The van der Waals surface area contributed by atoms with Gasteiger partial charge in [0.05, 0.1) is 11.0 Å². The number of rotatable bonds is 7. The van der Waals surface area contributed by atoms with E-state index >= 15 is 0 Å². The fourth-order valence-corrected chi connectivity index (χ4v) is 9.50. The number of para-hydroxylation sites is 1. The van der Waals surface area contributed by atoms with Gasteiger partial charge in [-0.1, -0.05) is 164 Å². The summed E-state index contributed by atoms with van der Waals surface area (Å²) in [6.07, 6.45) is 0. The van der Waals surface area contributed by atoms with Gasteiger partial charge >= 0.3 is 0 Å². The first-order valence-electron chi connectivity index (χ1n) is 20.5. The molecule has 0 amide bonds. The number of hydrogen-bond donors (Lipinski definition) is 0. The lowest BCUT2D eigenvalue weighted by Crippen LogP contribution is -2.06. The Labute approximate surface area is 360 Å². The summed E-state index contributed by atoms with van der Waals surface area (Å²) in [5, 5.41) is 4.42. The molecule has 12 rings (SSSR count). The van der Waals surface area contributed by atoms with Gasteiger partial charge in [-0.25, -0.2) is 19.9 Å². The fraction of sp³-hybridized carbons (Fsp3) is 0. The summed E-state index contributed by atoms with van der Waals surface area (Å²) < 4.78 is 4.46. The largest absolute Gasteiger partial charge is 0.278 e. The first-order valence-corrected chi connectivity index (χ1v) is 21.3. The zero-order chi connectivity index (χ0) is 41.0. The molecule has 0 aliphatic heterocycles. The molecule has 0 aliphatic carbocycles. The van der Waals surface area contributed by atoms with Crippen LogP contribution in [0.3, 0.4) is 0 Å². The molecule has 0 saturated heterocycles. The lowest BCUT2D eigenvalue weighted by atomic mass is 10.0. The van der Waals surface area contributed by atoms with Crippen LogP contribution in [0.2, 0.25) is 0 Å². The third-order valence-corrected chi connectivity index (χ3v) is 12.5. The Kier molecular flexibility index (Phi) is 8.53. The molecule has 4 aromatic heterocycles. The van der Waals surface area contributed by atoms with E-state index in [9.17, 15) is 0 Å². The molecule has 0 saturated carbocycles. The van der Waals surface area contributed by atoms with Crippen LogP contribution in [0.25, 0.3) is 116 Å². The van der Waals surface area contributed by atoms with Gasteiger partial charge in [0.2, 0.25) is 5.95 Å². The van der Waals surface area contributed by atoms with E-state index in [2.05, 4.69) is 108 Å². The van der Waals surface area contributed by atoms with Gasteiger partial charge in [0.25, 0.3) is 0 Å². The van der Waals surface area contributed by atoms with Gasteiger partial charge in [-0.15, -0.1) is 11.3 Å². The highest BCUT2D eigenvalue weighted by Crippen LogP contribution is 2.42. The number of aromatic nitrogens is 7. The van der Waals surface area contributed by atoms with Crippen LogP contribution in [0.15, 0.2) is 200 Å². The molecule has 4 heterocycles. The maximum absolute atomic E-state index is 5.33. The molecule has 12 aromatic rings. The minimum Gasteiger partial charge on any atom is -0.278 e. The van der Waals surface area contributed by atoms with Crippen LogP contribution < -0.4 is 0 Å². The molecule has 0 unspecified atom stereocenters. The average molecular weight is 812 g/mol. The Hall–Kier alpha value is -8.20. The van der Waals surface area contributed by atoms with Gasteiger partial charge in [0.1, 0.15) is 0 Å². The molecule has 8 heteroatoms. The third-order valence-electron chi connectivity index (χ3n) is 11.3. The average Bonchev–Trinajstić information content (AvgIpc) is 3.90. The van der Waals surface area contributed by atoms with E-state index in [4.69, 9.17) is 29.9 Å². The Morgan fingerprint density at radius 3 is 1.47 bits per heavy atom. The van der Waals surface area contributed by atoms with Crippen molar-refractivity contribution in [2.45, 2.75) is 0 Å². The van der Waals surface area contributed by atoms with Gasteiger partial charge in [-0.2, -0.15) is 9.97 Å². The van der Waals surface area contributed by atoms with E-state index in [1.807, 2.05) is 97.1 Å². The van der Waals surface area contributed by atoms with Gasteiger partial charge in [-0.3, -0.25) is 4.57 Å². The van der Waals surface area contributed by atoms with Crippen molar-refractivity contribution in [3.63, 3.8) is 0 Å². The molecule has 0 spiro atoms. The second-order valence-electron chi connectivity index (χ2n) is 15.1. The van der Waals surface area contributed by atoms with Crippen molar-refractivity contribution in [2.24, 2.45) is 0 Å². The molecule has 0 N–H and O–H groups in total. The first kappa shape index (κ1) is 35.7. The smallest absolute Gasteiger partial charge is 0.238 e. The Morgan fingerprint density at radius 1 is 0.306 bits per heavy atom. The summed E-state index contributed by atoms with van der Waals surface area (Å²) in [4.78, 5) is 30.9. The van der Waals surface area contributed by atoms with Crippen LogP contribution in [-0.2, 0) is 0 Å². The van der Waals surface area contributed by atoms with Crippen molar-refractivity contribution in [1.29, 1.82) is 0 Å². The number of hydrogen-bond acceptors (Lipinski definition) is 7. The molecule has 0 atom stereocenters. The molecule has 62 heavy (non-hydrogen) atoms. The van der Waals surface area contributed by atoms with Crippen LogP contribution >= 0.6 is 11.3 Å². The van der Waals surface area contributed by atoms with Gasteiger partial charge in [0, 0.05) is 58.8 Å². The Morgan fingerprint density at radius 2 is 0.823 bits per heavy atom. The van der Waals surface area contributed by atoms with Gasteiger partial charge in [-0.05, 0) is 47.5 Å². The van der Waals surface area contributed by atoms with Crippen molar-refractivity contribution in [3.05, 3.63) is 200 Å². The van der Waals surface area contributed by atoms with E-state index in [1.54, 1.807) is 11.3 Å². The van der Waals surface area contributed by atoms with E-state index in [1.165, 1.54) is 0 Å². The van der Waals surface area contributed by atoms with Crippen molar-refractivity contribution >= 4 is 53.3 Å². The monoisotopic (exact) mass is 811 g/mol. The minimum absolute atomic E-state index is 0.549. The SMILES string of the molecule is c1ccc(-c2ccc3c4ccccc4n(-c4nc(-c5ccccc5)nc(-c5ccc6sc7cccc(-c8nc(-c9ccccc9)nc(-c9ccccc9)n8)c7c6c5)n4)c3c2)cc1. The number of nitrogens with zero attached hydrogens (tertiary/aromatic N) is 7. The maximum atomic E-state index is 5.33. The maximum Gasteiger partial charge on any atom is 0.238 e. The van der Waals surface area contributed by atoms with Crippen LogP contribution in [0, 0.1) is 0 Å². The second-order valence-corrected chi connectivity index (χ2v) is 16.2. The normalized spacial score (nSPS) is 11.5. The number of benzene rings is 8. The van der Waals surface area contributed by atoms with Crippen molar-refractivity contribution < 1.29 is 0 Å². The molecule has 0 radical (unpaired) electrons. The summed E-state index contributed by atoms with van der Waals surface area (Å²) in [6, 6.07) is 68.8. The number of fused-ring (bicyclic) bond motifs is 6. The Bertz CT molecular complexity index is 3570. The van der Waals surface area contributed by atoms with Crippen molar-refractivity contribution in [2.75, 3.05) is 0 Å². The lowest BCUT2D eigenvalue weighted by Gasteiger charge is -2.12. The van der Waals surface area contributed by atoms with Gasteiger partial charge < -0.3 is 0 Å². The molecule has 8 aromatic carbocycles. The molecule has 0 aliphatic rings. The van der Waals surface area contributed by atoms with Crippen LogP contribution in [-0.4, -0.2) is 34.5 Å². The quantitative estimate of drug-likeness (QED) is 0.159. The summed E-state index contributed by atoms with van der Waals surface area (Å²) in [7, 11) is 0. The molecular weight excluding hydrogens is 779 g/mol. The van der Waals surface area contributed by atoms with Crippen LogP contribution in [0.1, 0.15) is 0 Å². The summed E-state index contributed by atoms with van der Waals surface area (Å²) in [5.41, 5.74) is 8.89. The fourth-order valence-electron chi connectivity index (χ4n) is 8.39. The van der Waals surface area contributed by atoms with E-state index in [0.717, 1.165) is 80.9 Å². The van der Waals surface area contributed by atoms with E-state index < -0.39 is 0 Å². The number of thiophene rings is 1. The zero-order valence-corrected chi connectivity index (χ0v) is 33.9. The minimum atomic E-state index is 0.549. The summed E-state index contributed by atoms with van der Waals surface area (Å²) in [6.45, 7) is 0. The van der Waals surface area contributed by atoms with Crippen molar-refractivity contribution in [3.8, 4) is 74.0 Å². The lowest BCUT2D eigenvalue weighted by molar-refractivity contribution is 0.954. The standard InChI is InChI=1S/C54H33N7S/c1-5-16-34(17-6-1)38-28-30-41-40-24-13-14-26-44(40)61(45(41)33-38)54-59-51(37-22-11-4-12-23-37)56-52(60-54)39-29-31-46-43(32-39)48-42(25-15-27-47(48)62-46)53-57-49(35-18-7-2-8-19-35)55-50(58-53)36-20-9-3-10-21-36/h1-33H. The summed E-state index contributed by atoms with van der Waals surface area (Å²) in [5.74, 6) is 3.59. The topological polar surface area (TPSA) is 82.3 Å². The van der Waals surface area contributed by atoms with Crippen molar-refractivity contribution in [1.82, 2.24) is 34.5 Å². The summed E-state index contributed by atoms with van der Waals surface area (Å²) >= 11 is 1.75. The highest BCUT2D eigenvalue weighted by atomic mass is 32.1. The second kappa shape index (κ2) is 14.8. The third kappa shape index (κ3) is 6.20. The molecule has 0 fully saturated rings. The molecular formula is C54H33N7S. The molecule has 7 nitrogen and oxygen atoms in total. The van der Waals surface area contributed by atoms with E-state index in [0.29, 0.717) is 35.1 Å². The Balaban J connectivity index is 1.07. The predicted octanol–water partition coefficient (Wildman–Crippen LogP) is 13.5. The van der Waals surface area contributed by atoms with Crippen LogP contribution in [0.5, 0.6) is 0 Å². The highest BCUT2D eigenvalue weighted by molar-refractivity contribution is 7.26. The predicted molar refractivity (Wildman–Crippen MR) is 253 cm³/mol. The molecule has 290 valence electrons. The highest BCUT2D eigenvalue weighted by Gasteiger charge is 2.21.